The van der Waals surface area contributed by atoms with Gasteiger partial charge in [-0.2, -0.15) is 0 Å². The molecule has 0 aliphatic rings. The van der Waals surface area contributed by atoms with Crippen molar-refractivity contribution in [2.24, 2.45) is 0 Å². The van der Waals surface area contributed by atoms with Crippen LogP contribution in [0.4, 0.5) is 0 Å². The number of unbranched alkanes of at least 4 members (excludes halogenated alkanes) is 2. The third-order valence-electron chi connectivity index (χ3n) is 3.68. The molecule has 0 aliphatic carbocycles. The first-order valence-corrected chi connectivity index (χ1v) is 13.5. The Hall–Kier alpha value is 0.394. The molecule has 0 rings (SSSR count). The van der Waals surface area contributed by atoms with Crippen LogP contribution in [-0.4, -0.2) is 28.9 Å². The summed E-state index contributed by atoms with van der Waals surface area (Å²) in [7, 11) is 0.0797. The molecular weight excluding hydrogens is 204 g/mol. The van der Waals surface area contributed by atoms with E-state index in [1.54, 1.807) is 7.11 Å². The van der Waals surface area contributed by atoms with Gasteiger partial charge in [-0.1, -0.05) is 51.6 Å². The SMILES string of the molecule is COCCCCC[Si](C)(C)[Si](C)(C)C. The zero-order chi connectivity index (χ0) is 11.2. The number of rotatable bonds is 7. The molecule has 3 heteroatoms. The van der Waals surface area contributed by atoms with Crippen LogP contribution in [0, 0.1) is 0 Å². The Labute approximate surface area is 92.1 Å². The smallest absolute Gasteiger partial charge is 0.0462 e. The Bertz CT molecular complexity index is 150. The van der Waals surface area contributed by atoms with Crippen LogP contribution in [-0.2, 0) is 4.74 Å². The van der Waals surface area contributed by atoms with E-state index >= 15 is 0 Å². The normalized spacial score (nSPS) is 13.3. The molecular formula is C11H28OSi2. The molecule has 14 heavy (non-hydrogen) atoms. The summed E-state index contributed by atoms with van der Waals surface area (Å²) in [5.41, 5.74) is 0. The summed E-state index contributed by atoms with van der Waals surface area (Å²) in [6.07, 6.45) is 4.02. The minimum atomic E-state index is -0.867. The lowest BCUT2D eigenvalue weighted by Gasteiger charge is -2.35. The van der Waals surface area contributed by atoms with E-state index in [0.717, 1.165) is 6.61 Å². The van der Waals surface area contributed by atoms with Crippen LogP contribution < -0.4 is 0 Å². The lowest BCUT2D eigenvalue weighted by molar-refractivity contribution is 0.192. The van der Waals surface area contributed by atoms with Gasteiger partial charge in [-0.3, -0.25) is 0 Å². The van der Waals surface area contributed by atoms with E-state index in [1.807, 2.05) is 0 Å². The summed E-state index contributed by atoms with van der Waals surface area (Å²) in [5.74, 6) is 0. The molecule has 0 amide bonds. The molecule has 0 saturated heterocycles. The van der Waals surface area contributed by atoms with Gasteiger partial charge >= 0.3 is 0 Å². The van der Waals surface area contributed by atoms with Gasteiger partial charge in [-0.05, 0) is 6.42 Å². The van der Waals surface area contributed by atoms with Crippen LogP contribution in [0.5, 0.6) is 0 Å². The molecule has 0 aromatic rings. The van der Waals surface area contributed by atoms with E-state index in [1.165, 1.54) is 25.3 Å². The quantitative estimate of drug-likeness (QED) is 0.477. The standard InChI is InChI=1S/C11H28OSi2/c1-12-10-8-7-9-11-14(5,6)13(2,3)4/h7-11H2,1-6H3. The average Bonchev–Trinajstić information content (AvgIpc) is 2.02. The lowest BCUT2D eigenvalue weighted by atomic mass is 10.3. The second-order valence-corrected chi connectivity index (χ2v) is 23.3. The van der Waals surface area contributed by atoms with Crippen molar-refractivity contribution in [1.82, 2.24) is 0 Å². The number of methoxy groups -OCH3 is 1. The topological polar surface area (TPSA) is 9.23 Å². The fourth-order valence-electron chi connectivity index (χ4n) is 1.37. The Kier molecular flexibility index (Phi) is 6.25. The van der Waals surface area contributed by atoms with E-state index in [2.05, 4.69) is 32.7 Å². The first kappa shape index (κ1) is 14.4. The molecule has 86 valence electrons. The number of hydrogen-bond acceptors (Lipinski definition) is 1. The largest absolute Gasteiger partial charge is 0.385 e. The summed E-state index contributed by atoms with van der Waals surface area (Å²) in [6, 6.07) is 1.52. The maximum atomic E-state index is 5.06. The van der Waals surface area contributed by atoms with Gasteiger partial charge in [0.05, 0.1) is 0 Å². The van der Waals surface area contributed by atoms with Crippen molar-refractivity contribution in [2.45, 2.75) is 58.0 Å². The van der Waals surface area contributed by atoms with Crippen molar-refractivity contribution in [3.05, 3.63) is 0 Å². The minimum Gasteiger partial charge on any atom is -0.385 e. The molecule has 0 aromatic carbocycles. The Morgan fingerprint density at radius 3 is 1.86 bits per heavy atom. The first-order valence-electron chi connectivity index (χ1n) is 5.80. The highest BCUT2D eigenvalue weighted by atomic mass is 29.3. The minimum absolute atomic E-state index is 0.846. The summed E-state index contributed by atoms with van der Waals surface area (Å²) >= 11 is 0. The van der Waals surface area contributed by atoms with Crippen molar-refractivity contribution in [3.63, 3.8) is 0 Å². The molecule has 0 aliphatic heterocycles. The van der Waals surface area contributed by atoms with Gasteiger partial charge in [-0.25, -0.2) is 0 Å². The van der Waals surface area contributed by atoms with Gasteiger partial charge in [0, 0.05) is 28.9 Å². The second kappa shape index (κ2) is 6.08. The van der Waals surface area contributed by atoms with E-state index in [4.69, 9.17) is 4.74 Å². The van der Waals surface area contributed by atoms with Crippen molar-refractivity contribution in [2.75, 3.05) is 13.7 Å². The molecule has 0 saturated carbocycles. The summed E-state index contributed by atoms with van der Waals surface area (Å²) in [6.45, 7) is 13.7. The maximum Gasteiger partial charge on any atom is 0.0462 e. The predicted molar refractivity (Wildman–Crippen MR) is 71.4 cm³/mol. The maximum absolute atomic E-state index is 5.06. The first-order chi connectivity index (χ1) is 6.31. The Morgan fingerprint density at radius 1 is 0.857 bits per heavy atom. The van der Waals surface area contributed by atoms with E-state index < -0.39 is 15.2 Å². The van der Waals surface area contributed by atoms with Gasteiger partial charge in [0.25, 0.3) is 0 Å². The predicted octanol–water partition coefficient (Wildman–Crippen LogP) is 3.93. The molecule has 0 atom stereocenters. The summed E-state index contributed by atoms with van der Waals surface area (Å²) < 4.78 is 5.06. The molecule has 0 spiro atoms. The molecule has 1 nitrogen and oxygen atoms in total. The van der Waals surface area contributed by atoms with Crippen LogP contribution >= 0.6 is 0 Å². The van der Waals surface area contributed by atoms with Crippen LogP contribution in [0.1, 0.15) is 19.3 Å². The fourth-order valence-corrected chi connectivity index (χ4v) is 6.03. The van der Waals surface area contributed by atoms with Crippen LogP contribution in [0.15, 0.2) is 0 Å². The molecule has 0 bridgehead atoms. The van der Waals surface area contributed by atoms with Crippen molar-refractivity contribution in [1.29, 1.82) is 0 Å². The van der Waals surface area contributed by atoms with Crippen molar-refractivity contribution in [3.8, 4) is 0 Å². The third-order valence-corrected chi connectivity index (χ3v) is 22.3. The number of ether oxygens (including phenoxy) is 1. The van der Waals surface area contributed by atoms with Gasteiger partial charge in [0.2, 0.25) is 0 Å². The molecule has 0 N–H and O–H groups in total. The molecule has 0 unspecified atom stereocenters. The van der Waals surface area contributed by atoms with Crippen molar-refractivity contribution < 1.29 is 4.74 Å². The zero-order valence-corrected chi connectivity index (χ0v) is 12.9. The highest BCUT2D eigenvalue weighted by Crippen LogP contribution is 2.25. The lowest BCUT2D eigenvalue weighted by Crippen LogP contribution is -2.52. The monoisotopic (exact) mass is 232 g/mol. The molecule has 0 radical (unpaired) electrons. The van der Waals surface area contributed by atoms with Gasteiger partial charge in [-0.15, -0.1) is 0 Å². The highest BCUT2D eigenvalue weighted by molar-refractivity contribution is 7.40. The average molecular weight is 233 g/mol. The van der Waals surface area contributed by atoms with Crippen LogP contribution in [0.2, 0.25) is 38.8 Å². The summed E-state index contributed by atoms with van der Waals surface area (Å²) in [5, 5.41) is 0. The van der Waals surface area contributed by atoms with Gasteiger partial charge < -0.3 is 4.74 Å². The second-order valence-electron chi connectivity index (χ2n) is 5.94. The summed E-state index contributed by atoms with van der Waals surface area (Å²) in [4.78, 5) is 0. The zero-order valence-electron chi connectivity index (χ0n) is 10.9. The van der Waals surface area contributed by atoms with Crippen LogP contribution in [0.3, 0.4) is 0 Å². The highest BCUT2D eigenvalue weighted by Gasteiger charge is 2.35. The molecule has 0 heterocycles. The Morgan fingerprint density at radius 2 is 1.43 bits per heavy atom. The Balaban J connectivity index is 3.67. The third kappa shape index (κ3) is 5.32. The van der Waals surface area contributed by atoms with Gasteiger partial charge in [0.15, 0.2) is 0 Å². The number of hydrogen-bond donors (Lipinski definition) is 0. The van der Waals surface area contributed by atoms with Gasteiger partial charge in [0.1, 0.15) is 0 Å². The fraction of sp³-hybridized carbons (Fsp3) is 1.00. The van der Waals surface area contributed by atoms with E-state index in [-0.39, 0.29) is 0 Å². The molecule has 0 aromatic heterocycles. The molecule has 0 fully saturated rings. The van der Waals surface area contributed by atoms with E-state index in [9.17, 15) is 0 Å². The van der Waals surface area contributed by atoms with Crippen molar-refractivity contribution >= 4 is 15.2 Å². The van der Waals surface area contributed by atoms with E-state index in [0.29, 0.717) is 0 Å². The van der Waals surface area contributed by atoms with Crippen LogP contribution in [0.25, 0.3) is 0 Å².